The van der Waals surface area contributed by atoms with Crippen LogP contribution in [0.5, 0.6) is 11.5 Å². The van der Waals surface area contributed by atoms with Gasteiger partial charge in [0, 0.05) is 46.5 Å². The summed E-state index contributed by atoms with van der Waals surface area (Å²) in [7, 11) is 0. The number of benzene rings is 3. The summed E-state index contributed by atoms with van der Waals surface area (Å²) >= 11 is 0. The zero-order chi connectivity index (χ0) is 25.2. The van der Waals surface area contributed by atoms with Crippen molar-refractivity contribution in [2.75, 3.05) is 0 Å². The Morgan fingerprint density at radius 3 is 1.79 bits per heavy atom. The minimum Gasteiger partial charge on any atom is -1.00 e. The minimum atomic E-state index is -0.197. The zero-order valence-corrected chi connectivity index (χ0v) is 22.3. The van der Waals surface area contributed by atoms with Crippen molar-refractivity contribution in [2.45, 2.75) is 13.1 Å². The van der Waals surface area contributed by atoms with Gasteiger partial charge in [-0.25, -0.2) is 9.13 Å². The molecule has 39 heavy (non-hydrogen) atoms. The molecule has 1 aliphatic rings. The lowest BCUT2D eigenvalue weighted by molar-refractivity contribution is -0.689. The molecule has 0 saturated heterocycles. The van der Waals surface area contributed by atoms with Gasteiger partial charge >= 0.3 is 0 Å². The highest BCUT2D eigenvalue weighted by Crippen LogP contribution is 2.36. The fourth-order valence-electron chi connectivity index (χ4n) is 4.76. The highest BCUT2D eigenvalue weighted by molar-refractivity contribution is 6.29. The number of hydrogen-bond donors (Lipinski definition) is 0. The number of pyridine rings is 2. The molecule has 5 aromatic rings. The fraction of sp³-hybridized carbons (Fsp3) is 0.0625. The summed E-state index contributed by atoms with van der Waals surface area (Å²) < 4.78 is 10.6. The lowest BCUT2D eigenvalue weighted by Crippen LogP contribution is -3.00. The number of ketones is 2. The number of fused-ring (bicyclic) bond motifs is 2. The highest BCUT2D eigenvalue weighted by Gasteiger charge is 2.32. The van der Waals surface area contributed by atoms with E-state index in [0.29, 0.717) is 40.3 Å². The second-order valence-electron chi connectivity index (χ2n) is 9.02. The van der Waals surface area contributed by atoms with Gasteiger partial charge in [0.25, 0.3) is 0 Å². The van der Waals surface area contributed by atoms with E-state index in [4.69, 9.17) is 4.74 Å². The molecule has 0 unspecified atom stereocenters. The summed E-state index contributed by atoms with van der Waals surface area (Å²) in [5, 5.41) is 0. The van der Waals surface area contributed by atoms with E-state index in [9.17, 15) is 9.59 Å². The molecule has 0 saturated carbocycles. The highest BCUT2D eigenvalue weighted by atomic mass is 35.5. The smallest absolute Gasteiger partial charge is 0.198 e. The van der Waals surface area contributed by atoms with Gasteiger partial charge in [-0.3, -0.25) is 9.59 Å². The lowest BCUT2D eigenvalue weighted by atomic mass is 9.83. The van der Waals surface area contributed by atoms with Crippen LogP contribution in [-0.2, 0) is 13.1 Å². The van der Waals surface area contributed by atoms with Crippen LogP contribution in [0.15, 0.2) is 122 Å². The van der Waals surface area contributed by atoms with E-state index in [2.05, 4.69) is 15.2 Å². The molecule has 194 valence electrons. The topological polar surface area (TPSA) is 51.1 Å². The van der Waals surface area contributed by atoms with E-state index in [1.54, 1.807) is 42.5 Å². The Labute approximate surface area is 239 Å². The van der Waals surface area contributed by atoms with Crippen molar-refractivity contribution in [3.05, 3.63) is 155 Å². The first-order valence-corrected chi connectivity index (χ1v) is 12.2. The van der Waals surface area contributed by atoms with E-state index in [1.807, 2.05) is 73.3 Å². The van der Waals surface area contributed by atoms with Crippen molar-refractivity contribution in [2.24, 2.45) is 0 Å². The summed E-state index contributed by atoms with van der Waals surface area (Å²) in [6, 6.07) is 30.2. The van der Waals surface area contributed by atoms with E-state index >= 15 is 0 Å². The zero-order valence-electron chi connectivity index (χ0n) is 20.8. The molecule has 0 atom stereocenters. The van der Waals surface area contributed by atoms with Gasteiger partial charge in [0.2, 0.25) is 0 Å². The molecular formula is C32H24Cl2N2O3. The molecule has 0 aliphatic heterocycles. The monoisotopic (exact) mass is 554 g/mol. The molecule has 0 spiro atoms. The maximum atomic E-state index is 13.5. The Balaban J connectivity index is 0.00000176. The van der Waals surface area contributed by atoms with Crippen LogP contribution in [0, 0.1) is 0 Å². The Morgan fingerprint density at radius 1 is 0.538 bits per heavy atom. The van der Waals surface area contributed by atoms with Crippen LogP contribution in [0.3, 0.4) is 0 Å². The molecule has 6 rings (SSSR count). The van der Waals surface area contributed by atoms with Gasteiger partial charge in [-0.1, -0.05) is 48.5 Å². The number of carbonyl (C=O) groups excluding carboxylic acids is 2. The summed E-state index contributed by atoms with van der Waals surface area (Å²) in [5.74, 6) is 0.670. The maximum Gasteiger partial charge on any atom is 0.198 e. The lowest BCUT2D eigenvalue weighted by Gasteiger charge is -2.20. The van der Waals surface area contributed by atoms with E-state index in [-0.39, 0.29) is 36.4 Å². The number of ether oxygens (including phenoxy) is 1. The number of carbonyl (C=O) groups is 2. The normalized spacial score (nSPS) is 11.5. The van der Waals surface area contributed by atoms with Crippen LogP contribution in [-0.4, -0.2) is 11.6 Å². The third kappa shape index (κ3) is 5.60. The average Bonchev–Trinajstić information content (AvgIpc) is 2.94. The maximum absolute atomic E-state index is 13.5. The van der Waals surface area contributed by atoms with Crippen molar-refractivity contribution >= 4 is 11.6 Å². The van der Waals surface area contributed by atoms with Gasteiger partial charge in [0.05, 0.1) is 11.1 Å². The number of hydrogen-bond acceptors (Lipinski definition) is 3. The SMILES string of the molecule is O=C1c2ccccc2C(=O)c2c(Oc3ccc(C[n+]4ccccc4)cc3C[n+]3ccccc3)cccc21.[Cl-].[Cl-]. The minimum absolute atomic E-state index is 0. The van der Waals surface area contributed by atoms with Crippen LogP contribution >= 0.6 is 0 Å². The van der Waals surface area contributed by atoms with E-state index in [0.717, 1.165) is 17.7 Å². The molecule has 0 amide bonds. The number of aromatic nitrogens is 2. The van der Waals surface area contributed by atoms with Crippen LogP contribution in [0.2, 0.25) is 0 Å². The molecule has 0 N–H and O–H groups in total. The van der Waals surface area contributed by atoms with Gasteiger partial charge < -0.3 is 29.6 Å². The largest absolute Gasteiger partial charge is 1.00 e. The molecule has 7 heteroatoms. The van der Waals surface area contributed by atoms with Crippen LogP contribution in [0.4, 0.5) is 0 Å². The Bertz CT molecular complexity index is 1640. The molecule has 1 aliphatic carbocycles. The first-order valence-electron chi connectivity index (χ1n) is 12.2. The average molecular weight is 555 g/mol. The summed E-state index contributed by atoms with van der Waals surface area (Å²) in [4.78, 5) is 26.6. The Hall–Kier alpha value is -4.32. The fourth-order valence-corrected chi connectivity index (χ4v) is 4.76. The summed E-state index contributed by atoms with van der Waals surface area (Å²) in [6.07, 6.45) is 8.08. The Kier molecular flexibility index (Phi) is 8.55. The van der Waals surface area contributed by atoms with Gasteiger partial charge in [-0.2, -0.15) is 0 Å². The predicted molar refractivity (Wildman–Crippen MR) is 138 cm³/mol. The molecule has 0 fully saturated rings. The number of nitrogens with zero attached hydrogens (tertiary/aromatic N) is 2. The number of rotatable bonds is 6. The third-order valence-corrected chi connectivity index (χ3v) is 6.53. The Morgan fingerprint density at radius 2 is 1.13 bits per heavy atom. The van der Waals surface area contributed by atoms with Crippen LogP contribution < -0.4 is 38.7 Å². The first kappa shape index (κ1) is 27.7. The van der Waals surface area contributed by atoms with E-state index < -0.39 is 0 Å². The van der Waals surface area contributed by atoms with Gasteiger partial charge in [0.1, 0.15) is 11.5 Å². The summed E-state index contributed by atoms with van der Waals surface area (Å²) in [6.45, 7) is 1.31. The van der Waals surface area contributed by atoms with Crippen molar-refractivity contribution in [3.8, 4) is 11.5 Å². The third-order valence-electron chi connectivity index (χ3n) is 6.53. The van der Waals surface area contributed by atoms with Crippen LogP contribution in [0.1, 0.15) is 43.0 Å². The van der Waals surface area contributed by atoms with Gasteiger partial charge in [-0.05, 0) is 24.3 Å². The molecule has 2 heterocycles. The molecule has 2 aromatic heterocycles. The van der Waals surface area contributed by atoms with Crippen molar-refractivity contribution in [1.82, 2.24) is 0 Å². The second-order valence-corrected chi connectivity index (χ2v) is 9.02. The predicted octanol–water partition coefficient (Wildman–Crippen LogP) is -1.07. The van der Waals surface area contributed by atoms with Crippen molar-refractivity contribution in [3.63, 3.8) is 0 Å². The molecule has 5 nitrogen and oxygen atoms in total. The molecule has 3 aromatic carbocycles. The summed E-state index contributed by atoms with van der Waals surface area (Å²) in [5.41, 5.74) is 3.63. The standard InChI is InChI=1S/C32H24N2O3.2ClH/c35-31-25-10-3-4-11-26(25)32(36)30-27(31)12-9-13-29(30)37-28-15-14-23(21-33-16-5-1-6-17-33)20-24(28)22-34-18-7-2-8-19-34;;/h1-20H,21-22H2;2*1H/q+2;;/p-2. The van der Waals surface area contributed by atoms with Crippen molar-refractivity contribution < 1.29 is 48.3 Å². The van der Waals surface area contributed by atoms with Crippen molar-refractivity contribution in [1.29, 1.82) is 0 Å². The van der Waals surface area contributed by atoms with E-state index in [1.165, 1.54) is 0 Å². The first-order chi connectivity index (χ1) is 18.2. The molecule has 0 bridgehead atoms. The molecular weight excluding hydrogens is 531 g/mol. The van der Waals surface area contributed by atoms with Gasteiger partial charge in [-0.15, -0.1) is 0 Å². The van der Waals surface area contributed by atoms with Crippen LogP contribution in [0.25, 0.3) is 0 Å². The quantitative estimate of drug-likeness (QED) is 0.246. The molecule has 0 radical (unpaired) electrons. The van der Waals surface area contributed by atoms with Gasteiger partial charge in [0.15, 0.2) is 49.4 Å². The number of halogens is 2. The second kappa shape index (κ2) is 12.0.